The predicted molar refractivity (Wildman–Crippen MR) is 73.5 cm³/mol. The van der Waals surface area contributed by atoms with Crippen LogP contribution in [0.5, 0.6) is 0 Å². The van der Waals surface area contributed by atoms with Crippen LogP contribution in [0.2, 0.25) is 0 Å². The molecule has 1 aromatic heterocycles. The number of aryl methyl sites for hydroxylation is 2. The second kappa shape index (κ2) is 7.01. The summed E-state index contributed by atoms with van der Waals surface area (Å²) < 4.78 is 7.66. The molecular formula is C12H20BrN3O2. The van der Waals surface area contributed by atoms with Gasteiger partial charge in [0.15, 0.2) is 5.78 Å². The molecule has 0 saturated heterocycles. The number of rotatable bonds is 7. The van der Waals surface area contributed by atoms with Gasteiger partial charge in [-0.3, -0.25) is 9.48 Å². The lowest BCUT2D eigenvalue weighted by molar-refractivity contribution is -0.120. The van der Waals surface area contributed by atoms with Crippen molar-refractivity contribution >= 4 is 21.7 Å². The third kappa shape index (κ3) is 3.40. The molecule has 0 spiro atoms. The van der Waals surface area contributed by atoms with Crippen molar-refractivity contribution in [3.8, 4) is 0 Å². The Morgan fingerprint density at radius 2 is 2.22 bits per heavy atom. The van der Waals surface area contributed by atoms with Gasteiger partial charge in [0, 0.05) is 13.7 Å². The third-order valence-electron chi connectivity index (χ3n) is 2.80. The minimum absolute atomic E-state index is 0.0326. The highest BCUT2D eigenvalue weighted by Gasteiger charge is 2.20. The molecule has 1 atom stereocenters. The van der Waals surface area contributed by atoms with Crippen LogP contribution >= 0.6 is 15.9 Å². The summed E-state index contributed by atoms with van der Waals surface area (Å²) in [6.07, 6.45) is 1.12. The zero-order valence-electron chi connectivity index (χ0n) is 11.1. The molecule has 0 aliphatic rings. The number of hydrogen-bond acceptors (Lipinski definition) is 4. The summed E-state index contributed by atoms with van der Waals surface area (Å²) in [6.45, 7) is 5.02. The average molecular weight is 318 g/mol. The van der Waals surface area contributed by atoms with Crippen LogP contribution in [-0.4, -0.2) is 35.3 Å². The molecule has 0 saturated carbocycles. The van der Waals surface area contributed by atoms with Gasteiger partial charge >= 0.3 is 0 Å². The molecule has 0 aliphatic carbocycles. The summed E-state index contributed by atoms with van der Waals surface area (Å²) in [5.74, 6) is -0.0326. The molecule has 0 amide bonds. The Morgan fingerprint density at radius 1 is 1.56 bits per heavy atom. The first kappa shape index (κ1) is 15.3. The number of Topliss-reactive ketones (excluding diaryl/α,β-unsaturated/α-hetero) is 1. The summed E-state index contributed by atoms with van der Waals surface area (Å²) in [4.78, 5) is 12.0. The molecule has 18 heavy (non-hydrogen) atoms. The lowest BCUT2D eigenvalue weighted by atomic mass is 10.1. The van der Waals surface area contributed by atoms with Gasteiger partial charge in [-0.05, 0) is 29.3 Å². The zero-order chi connectivity index (χ0) is 13.7. The number of hydrogen-bond donors (Lipinski definition) is 1. The van der Waals surface area contributed by atoms with E-state index < -0.39 is 6.04 Å². The van der Waals surface area contributed by atoms with Gasteiger partial charge in [-0.25, -0.2) is 0 Å². The maximum atomic E-state index is 12.0. The van der Waals surface area contributed by atoms with E-state index in [1.54, 1.807) is 0 Å². The minimum Gasteiger partial charge on any atom is -0.383 e. The highest BCUT2D eigenvalue weighted by atomic mass is 79.9. The van der Waals surface area contributed by atoms with Crippen molar-refractivity contribution in [1.82, 2.24) is 9.78 Å². The highest BCUT2D eigenvalue weighted by molar-refractivity contribution is 9.10. The normalized spacial score (nSPS) is 12.7. The number of methoxy groups -OCH3 is 1. The fourth-order valence-corrected chi connectivity index (χ4v) is 2.46. The molecule has 0 aromatic carbocycles. The molecule has 102 valence electrons. The van der Waals surface area contributed by atoms with Crippen LogP contribution in [0.4, 0.5) is 0 Å². The van der Waals surface area contributed by atoms with Crippen LogP contribution in [0, 0.1) is 0 Å². The number of ether oxygens (including phenoxy) is 1. The van der Waals surface area contributed by atoms with Crippen molar-refractivity contribution in [2.24, 2.45) is 5.73 Å². The van der Waals surface area contributed by atoms with Gasteiger partial charge in [0.2, 0.25) is 0 Å². The number of nitrogens with zero attached hydrogens (tertiary/aromatic N) is 2. The van der Waals surface area contributed by atoms with Gasteiger partial charge in [-0.2, -0.15) is 5.10 Å². The second-order valence-electron chi connectivity index (χ2n) is 4.08. The number of ketones is 1. The number of halogens is 1. The average Bonchev–Trinajstić information content (AvgIpc) is 2.66. The van der Waals surface area contributed by atoms with E-state index in [0.717, 1.165) is 28.8 Å². The standard InChI is InChI=1S/C12H20BrN3O2/c1-4-9-12(13)10(16(5-2)15-9)6-11(17)8(14)7-18-3/h8H,4-7,14H2,1-3H3. The molecule has 6 heteroatoms. The molecule has 5 nitrogen and oxygen atoms in total. The van der Waals surface area contributed by atoms with Crippen LogP contribution in [-0.2, 0) is 28.9 Å². The second-order valence-corrected chi connectivity index (χ2v) is 4.87. The molecule has 0 radical (unpaired) electrons. The Labute approximate surface area is 116 Å². The predicted octanol–water partition coefficient (Wildman–Crippen LogP) is 1.31. The molecule has 0 bridgehead atoms. The Balaban J connectivity index is 2.89. The van der Waals surface area contributed by atoms with Crippen molar-refractivity contribution < 1.29 is 9.53 Å². The van der Waals surface area contributed by atoms with Gasteiger partial charge in [0.05, 0.1) is 34.9 Å². The minimum atomic E-state index is -0.577. The Hall–Kier alpha value is -0.720. The smallest absolute Gasteiger partial charge is 0.157 e. The largest absolute Gasteiger partial charge is 0.383 e. The number of carbonyl (C=O) groups excluding carboxylic acids is 1. The van der Waals surface area contributed by atoms with Crippen LogP contribution < -0.4 is 5.73 Å². The lowest BCUT2D eigenvalue weighted by Crippen LogP contribution is -2.36. The van der Waals surface area contributed by atoms with E-state index in [1.807, 2.05) is 18.5 Å². The maximum Gasteiger partial charge on any atom is 0.157 e. The monoisotopic (exact) mass is 317 g/mol. The van der Waals surface area contributed by atoms with Gasteiger partial charge in [-0.1, -0.05) is 6.92 Å². The van der Waals surface area contributed by atoms with Crippen LogP contribution in [0.1, 0.15) is 25.2 Å². The van der Waals surface area contributed by atoms with Crippen molar-refractivity contribution in [3.63, 3.8) is 0 Å². The number of carbonyl (C=O) groups is 1. The van der Waals surface area contributed by atoms with E-state index in [9.17, 15) is 4.79 Å². The molecular weight excluding hydrogens is 298 g/mol. The van der Waals surface area contributed by atoms with Gasteiger partial charge in [0.25, 0.3) is 0 Å². The van der Waals surface area contributed by atoms with Crippen molar-refractivity contribution in [2.75, 3.05) is 13.7 Å². The van der Waals surface area contributed by atoms with Crippen LogP contribution in [0.25, 0.3) is 0 Å². The summed E-state index contributed by atoms with van der Waals surface area (Å²) in [7, 11) is 1.54. The first-order chi connectivity index (χ1) is 8.54. The fraction of sp³-hybridized carbons (Fsp3) is 0.667. The summed E-state index contributed by atoms with van der Waals surface area (Å²) in [6, 6.07) is -0.577. The van der Waals surface area contributed by atoms with E-state index in [4.69, 9.17) is 10.5 Å². The molecule has 2 N–H and O–H groups in total. The van der Waals surface area contributed by atoms with E-state index in [1.165, 1.54) is 7.11 Å². The number of aromatic nitrogens is 2. The quantitative estimate of drug-likeness (QED) is 0.823. The maximum absolute atomic E-state index is 12.0. The number of nitrogens with two attached hydrogens (primary N) is 1. The lowest BCUT2D eigenvalue weighted by Gasteiger charge is -2.10. The molecule has 0 aliphatic heterocycles. The summed E-state index contributed by atoms with van der Waals surface area (Å²) in [5, 5.41) is 4.45. The topological polar surface area (TPSA) is 70.1 Å². The highest BCUT2D eigenvalue weighted by Crippen LogP contribution is 2.23. The molecule has 1 rings (SSSR count). The molecule has 1 heterocycles. The Kier molecular flexibility index (Phi) is 5.98. The fourth-order valence-electron chi connectivity index (χ4n) is 1.75. The van der Waals surface area contributed by atoms with Gasteiger partial charge in [-0.15, -0.1) is 0 Å². The molecule has 0 fully saturated rings. The van der Waals surface area contributed by atoms with E-state index in [0.29, 0.717) is 0 Å². The zero-order valence-corrected chi connectivity index (χ0v) is 12.7. The molecule has 1 aromatic rings. The third-order valence-corrected chi connectivity index (χ3v) is 3.71. The first-order valence-electron chi connectivity index (χ1n) is 6.06. The first-order valence-corrected chi connectivity index (χ1v) is 6.85. The van der Waals surface area contributed by atoms with Gasteiger partial charge < -0.3 is 10.5 Å². The van der Waals surface area contributed by atoms with Crippen molar-refractivity contribution in [1.29, 1.82) is 0 Å². The van der Waals surface area contributed by atoms with E-state index in [2.05, 4.69) is 21.0 Å². The van der Waals surface area contributed by atoms with Crippen LogP contribution in [0.3, 0.4) is 0 Å². The Morgan fingerprint density at radius 3 is 2.72 bits per heavy atom. The molecule has 1 unspecified atom stereocenters. The van der Waals surface area contributed by atoms with Crippen LogP contribution in [0.15, 0.2) is 4.47 Å². The van der Waals surface area contributed by atoms with E-state index in [-0.39, 0.29) is 18.8 Å². The summed E-state index contributed by atoms with van der Waals surface area (Å²) in [5.41, 5.74) is 7.60. The van der Waals surface area contributed by atoms with Crippen molar-refractivity contribution in [3.05, 3.63) is 15.9 Å². The van der Waals surface area contributed by atoms with Gasteiger partial charge in [0.1, 0.15) is 0 Å². The summed E-state index contributed by atoms with van der Waals surface area (Å²) >= 11 is 3.51. The SMILES string of the molecule is CCc1nn(CC)c(CC(=O)C(N)COC)c1Br. The van der Waals surface area contributed by atoms with E-state index >= 15 is 0 Å². The Bertz CT molecular complexity index is 418. The van der Waals surface area contributed by atoms with Crippen molar-refractivity contribution in [2.45, 2.75) is 39.3 Å².